The minimum Gasteiger partial charge on any atom is -0.490 e. The van der Waals surface area contributed by atoms with E-state index >= 15 is 0 Å². The summed E-state index contributed by atoms with van der Waals surface area (Å²) in [6.07, 6.45) is 2.15. The van der Waals surface area contributed by atoms with Crippen molar-refractivity contribution in [3.63, 3.8) is 0 Å². The van der Waals surface area contributed by atoms with E-state index in [4.69, 9.17) is 19.8 Å². The van der Waals surface area contributed by atoms with Gasteiger partial charge in [0.05, 0.1) is 11.2 Å². The van der Waals surface area contributed by atoms with Crippen LogP contribution in [0.3, 0.4) is 0 Å². The monoisotopic (exact) mass is 289 g/mol. The molecule has 0 radical (unpaired) electrons. The summed E-state index contributed by atoms with van der Waals surface area (Å²) in [6, 6.07) is 8.28. The molecule has 1 heterocycles. The van der Waals surface area contributed by atoms with Crippen molar-refractivity contribution in [3.8, 4) is 5.75 Å². The number of rotatable bonds is 3. The number of nitrogens with two attached hydrogens (primary N) is 1. The van der Waals surface area contributed by atoms with Crippen molar-refractivity contribution in [2.75, 3.05) is 0 Å². The fourth-order valence-corrected chi connectivity index (χ4v) is 2.58. The van der Waals surface area contributed by atoms with Crippen LogP contribution in [0.2, 0.25) is 0 Å². The predicted octanol–water partition coefficient (Wildman–Crippen LogP) is 1.85. The first-order chi connectivity index (χ1) is 9.77. The molecule has 0 atom stereocenters. The summed E-state index contributed by atoms with van der Waals surface area (Å²) in [5.74, 6) is 0.882. The van der Waals surface area contributed by atoms with Gasteiger partial charge in [0.2, 0.25) is 0 Å². The highest BCUT2D eigenvalue weighted by Crippen LogP contribution is 2.36. The van der Waals surface area contributed by atoms with Gasteiger partial charge in [-0.1, -0.05) is 12.1 Å². The summed E-state index contributed by atoms with van der Waals surface area (Å²) < 4.78 is 17.9. The Bertz CT molecular complexity index is 493. The van der Waals surface area contributed by atoms with Crippen LogP contribution in [0.1, 0.15) is 40.5 Å². The van der Waals surface area contributed by atoms with Crippen LogP contribution in [-0.4, -0.2) is 30.5 Å². The Morgan fingerprint density at radius 1 is 1.05 bits per heavy atom. The van der Waals surface area contributed by atoms with Gasteiger partial charge in [-0.05, 0) is 58.1 Å². The first-order valence-corrected chi connectivity index (χ1v) is 7.65. The highest BCUT2D eigenvalue weighted by molar-refractivity contribution is 6.62. The van der Waals surface area contributed by atoms with Gasteiger partial charge in [-0.15, -0.1) is 0 Å². The van der Waals surface area contributed by atoms with E-state index in [9.17, 15) is 0 Å². The van der Waals surface area contributed by atoms with Crippen molar-refractivity contribution in [3.05, 3.63) is 24.3 Å². The van der Waals surface area contributed by atoms with Gasteiger partial charge in [0.1, 0.15) is 11.9 Å². The molecule has 2 fully saturated rings. The Morgan fingerprint density at radius 2 is 1.57 bits per heavy atom. The van der Waals surface area contributed by atoms with E-state index in [1.54, 1.807) is 0 Å². The highest BCUT2D eigenvalue weighted by Gasteiger charge is 2.51. The maximum atomic E-state index is 6.04. The van der Waals surface area contributed by atoms with E-state index in [-0.39, 0.29) is 24.4 Å². The lowest BCUT2D eigenvalue weighted by Crippen LogP contribution is -2.43. The molecule has 1 aromatic carbocycles. The van der Waals surface area contributed by atoms with Crippen LogP contribution in [0.5, 0.6) is 5.75 Å². The van der Waals surface area contributed by atoms with Gasteiger partial charge in [0.25, 0.3) is 0 Å². The second kappa shape index (κ2) is 5.01. The minimum atomic E-state index is -0.318. The molecule has 21 heavy (non-hydrogen) atoms. The molecule has 0 aromatic heterocycles. The van der Waals surface area contributed by atoms with E-state index < -0.39 is 0 Å². The minimum absolute atomic E-state index is 0.266. The lowest BCUT2D eigenvalue weighted by atomic mass is 9.79. The highest BCUT2D eigenvalue weighted by atomic mass is 16.7. The Balaban J connectivity index is 1.65. The molecule has 0 amide bonds. The summed E-state index contributed by atoms with van der Waals surface area (Å²) >= 11 is 0. The van der Waals surface area contributed by atoms with E-state index in [0.29, 0.717) is 6.04 Å². The third-order valence-corrected chi connectivity index (χ3v) is 4.84. The maximum absolute atomic E-state index is 6.04. The largest absolute Gasteiger partial charge is 0.494 e. The lowest BCUT2D eigenvalue weighted by molar-refractivity contribution is 0.00578. The molecule has 1 aliphatic heterocycles. The number of ether oxygens (including phenoxy) is 1. The lowest BCUT2D eigenvalue weighted by Gasteiger charge is -2.32. The summed E-state index contributed by atoms with van der Waals surface area (Å²) in [5, 5.41) is 0. The van der Waals surface area contributed by atoms with Crippen molar-refractivity contribution in [1.29, 1.82) is 0 Å². The Labute approximate surface area is 127 Å². The summed E-state index contributed by atoms with van der Waals surface area (Å²) in [5.41, 5.74) is 6.17. The van der Waals surface area contributed by atoms with Crippen LogP contribution in [0, 0.1) is 0 Å². The molecule has 0 unspecified atom stereocenters. The Hall–Kier alpha value is -1.04. The van der Waals surface area contributed by atoms with E-state index in [2.05, 4.69) is 27.7 Å². The molecule has 2 aliphatic rings. The molecular weight excluding hydrogens is 265 g/mol. The van der Waals surface area contributed by atoms with Gasteiger partial charge < -0.3 is 19.8 Å². The maximum Gasteiger partial charge on any atom is 0.494 e. The van der Waals surface area contributed by atoms with Gasteiger partial charge in [0.15, 0.2) is 0 Å². The molecule has 3 rings (SSSR count). The molecule has 0 spiro atoms. The Kier molecular flexibility index (Phi) is 3.55. The smallest absolute Gasteiger partial charge is 0.490 e. The fourth-order valence-electron chi connectivity index (χ4n) is 2.58. The molecular formula is C16H24BNO3. The van der Waals surface area contributed by atoms with Crippen LogP contribution in [0.4, 0.5) is 0 Å². The zero-order valence-corrected chi connectivity index (χ0v) is 13.3. The molecule has 0 bridgehead atoms. The van der Waals surface area contributed by atoms with Crippen molar-refractivity contribution in [2.45, 2.75) is 63.9 Å². The second-order valence-corrected chi connectivity index (χ2v) is 7.13. The van der Waals surface area contributed by atoms with Gasteiger partial charge >= 0.3 is 7.12 Å². The standard InChI is InChI=1S/C16H24BNO3/c1-15(2)16(3,4)21-17(20-15)11-5-7-13(8-6-11)19-14-9-12(18)10-14/h5-8,12,14H,9-10,18H2,1-4H3. The summed E-state index contributed by atoms with van der Waals surface area (Å²) in [4.78, 5) is 0. The van der Waals surface area contributed by atoms with Gasteiger partial charge in [-0.2, -0.15) is 0 Å². The second-order valence-electron chi connectivity index (χ2n) is 7.13. The first-order valence-electron chi connectivity index (χ1n) is 7.65. The van der Waals surface area contributed by atoms with E-state index in [1.165, 1.54) is 0 Å². The van der Waals surface area contributed by atoms with E-state index in [1.807, 2.05) is 24.3 Å². The third-order valence-electron chi connectivity index (χ3n) is 4.84. The Morgan fingerprint density at radius 3 is 2.05 bits per heavy atom. The summed E-state index contributed by atoms with van der Waals surface area (Å²) in [7, 11) is -0.318. The van der Waals surface area contributed by atoms with Crippen LogP contribution >= 0.6 is 0 Å². The number of hydrogen-bond donors (Lipinski definition) is 1. The van der Waals surface area contributed by atoms with Crippen LogP contribution in [0.25, 0.3) is 0 Å². The number of benzene rings is 1. The topological polar surface area (TPSA) is 53.7 Å². The third kappa shape index (κ3) is 2.82. The van der Waals surface area contributed by atoms with Crippen LogP contribution in [-0.2, 0) is 9.31 Å². The molecule has 1 saturated heterocycles. The van der Waals surface area contributed by atoms with Crippen molar-refractivity contribution >= 4 is 12.6 Å². The number of hydrogen-bond acceptors (Lipinski definition) is 4. The van der Waals surface area contributed by atoms with Crippen molar-refractivity contribution < 1.29 is 14.0 Å². The van der Waals surface area contributed by atoms with Gasteiger partial charge in [-0.25, -0.2) is 0 Å². The SMILES string of the molecule is CC1(C)OB(c2ccc(OC3CC(N)C3)cc2)OC1(C)C. The van der Waals surface area contributed by atoms with Gasteiger partial charge in [-0.3, -0.25) is 0 Å². The van der Waals surface area contributed by atoms with Crippen molar-refractivity contribution in [1.82, 2.24) is 0 Å². The molecule has 2 N–H and O–H groups in total. The molecule has 4 nitrogen and oxygen atoms in total. The zero-order chi connectivity index (χ0) is 15.3. The van der Waals surface area contributed by atoms with Crippen LogP contribution in [0.15, 0.2) is 24.3 Å². The van der Waals surface area contributed by atoms with Gasteiger partial charge in [0, 0.05) is 6.04 Å². The molecule has 1 aliphatic carbocycles. The predicted molar refractivity (Wildman–Crippen MR) is 83.8 cm³/mol. The molecule has 1 saturated carbocycles. The molecule has 114 valence electrons. The first kappa shape index (κ1) is 14.9. The average Bonchev–Trinajstić information content (AvgIpc) is 2.57. The molecule has 5 heteroatoms. The normalized spacial score (nSPS) is 30.0. The zero-order valence-electron chi connectivity index (χ0n) is 13.3. The average molecular weight is 289 g/mol. The summed E-state index contributed by atoms with van der Waals surface area (Å²) in [6.45, 7) is 8.24. The van der Waals surface area contributed by atoms with Crippen LogP contribution < -0.4 is 15.9 Å². The fraction of sp³-hybridized carbons (Fsp3) is 0.625. The molecule has 1 aromatic rings. The van der Waals surface area contributed by atoms with E-state index in [0.717, 1.165) is 24.1 Å². The quantitative estimate of drug-likeness (QED) is 0.863. The van der Waals surface area contributed by atoms with Crippen molar-refractivity contribution in [2.24, 2.45) is 5.73 Å².